The molecule has 0 saturated carbocycles. The summed E-state index contributed by atoms with van der Waals surface area (Å²) in [4.78, 5) is 3.73. The van der Waals surface area contributed by atoms with Crippen LogP contribution in [-0.4, -0.2) is 10.2 Å². The molecule has 1 aliphatic rings. The van der Waals surface area contributed by atoms with Crippen molar-refractivity contribution in [3.8, 4) is 0 Å². The molecule has 0 bridgehead atoms. The van der Waals surface area contributed by atoms with Gasteiger partial charge in [0.05, 0.1) is 28.7 Å². The molecule has 0 spiro atoms. The molecule has 106 valence electrons. The number of anilines is 1. The number of rotatable bonds is 2. The van der Waals surface area contributed by atoms with E-state index in [0.29, 0.717) is 15.7 Å². The van der Waals surface area contributed by atoms with E-state index in [9.17, 15) is 0 Å². The number of aromatic nitrogens is 2. The molecule has 21 heavy (non-hydrogen) atoms. The van der Waals surface area contributed by atoms with Crippen molar-refractivity contribution in [3.63, 3.8) is 0 Å². The van der Waals surface area contributed by atoms with E-state index in [1.807, 2.05) is 19.1 Å². The van der Waals surface area contributed by atoms with Crippen LogP contribution in [0.4, 0.5) is 5.82 Å². The molecule has 2 heterocycles. The zero-order valence-electron chi connectivity index (χ0n) is 11.2. The Morgan fingerprint density at radius 1 is 1.33 bits per heavy atom. The second-order valence-corrected chi connectivity index (χ2v) is 5.52. The van der Waals surface area contributed by atoms with Crippen molar-refractivity contribution in [2.45, 2.75) is 19.3 Å². The topological polar surface area (TPSA) is 45.1 Å². The minimum absolute atomic E-state index is 0.251. The molecule has 1 aromatic carbocycles. The summed E-state index contributed by atoms with van der Waals surface area (Å²) in [5.41, 5.74) is 3.24. The highest BCUT2D eigenvalue weighted by Crippen LogP contribution is 2.45. The Bertz CT molecular complexity index is 770. The molecule has 2 aromatic rings. The number of allylic oxidation sites excluding steroid dienone is 2. The lowest BCUT2D eigenvalue weighted by molar-refractivity contribution is 0.902. The predicted octanol–water partition coefficient (Wildman–Crippen LogP) is 4.81. The Balaban J connectivity index is 2.26. The second kappa shape index (κ2) is 5.44. The number of fused-ring (bicyclic) bond motifs is 1. The first-order valence-corrected chi connectivity index (χ1v) is 7.27. The van der Waals surface area contributed by atoms with Crippen LogP contribution in [0.5, 0.6) is 0 Å². The molecule has 0 radical (unpaired) electrons. The number of aromatic amines is 1. The van der Waals surface area contributed by atoms with Gasteiger partial charge in [-0.3, -0.25) is 5.10 Å². The molecule has 1 unspecified atom stereocenters. The summed E-state index contributed by atoms with van der Waals surface area (Å²) in [5, 5.41) is 11.2. The molecule has 1 atom stereocenters. The number of hydrogen-bond donors (Lipinski definition) is 2. The number of hydrogen-bond acceptors (Lipinski definition) is 2. The van der Waals surface area contributed by atoms with E-state index in [0.717, 1.165) is 29.1 Å². The highest BCUT2D eigenvalue weighted by molar-refractivity contribution is 6.42. The molecule has 3 rings (SSSR count). The van der Waals surface area contributed by atoms with Crippen LogP contribution in [0.25, 0.3) is 4.85 Å². The predicted molar refractivity (Wildman–Crippen MR) is 84.4 cm³/mol. The van der Waals surface area contributed by atoms with Crippen molar-refractivity contribution in [1.82, 2.24) is 10.2 Å². The van der Waals surface area contributed by atoms with Gasteiger partial charge in [0.2, 0.25) is 0 Å². The van der Waals surface area contributed by atoms with Gasteiger partial charge in [0, 0.05) is 11.3 Å². The summed E-state index contributed by atoms with van der Waals surface area (Å²) in [5.74, 6) is 0.555. The molecule has 1 aromatic heterocycles. The lowest BCUT2D eigenvalue weighted by Gasteiger charge is -2.26. The first-order valence-electron chi connectivity index (χ1n) is 6.52. The largest absolute Gasteiger partial charge is 0.354 e. The van der Waals surface area contributed by atoms with Gasteiger partial charge in [0.1, 0.15) is 5.82 Å². The first kappa shape index (κ1) is 14.0. The summed E-state index contributed by atoms with van der Waals surface area (Å²) in [6, 6.07) is 5.49. The van der Waals surface area contributed by atoms with Crippen LogP contribution in [0.1, 0.15) is 30.4 Å². The molecular formula is C15H12Cl2N4. The monoisotopic (exact) mass is 318 g/mol. The fraction of sp³-hybridized carbons (Fsp3) is 0.200. The Morgan fingerprint density at radius 3 is 2.86 bits per heavy atom. The summed E-state index contributed by atoms with van der Waals surface area (Å²) >= 11 is 12.5. The molecule has 1 aliphatic heterocycles. The highest BCUT2D eigenvalue weighted by atomic mass is 35.5. The van der Waals surface area contributed by atoms with E-state index in [1.165, 1.54) is 0 Å². The normalized spacial score (nSPS) is 17.1. The van der Waals surface area contributed by atoms with Crippen molar-refractivity contribution >= 4 is 29.0 Å². The number of nitrogens with zero attached hydrogens (tertiary/aromatic N) is 2. The van der Waals surface area contributed by atoms with Crippen LogP contribution >= 0.6 is 23.2 Å². The smallest absolute Gasteiger partial charge is 0.196 e. The SMILES string of the molecule is [C-]#[N+]C1=C(CC)Nc2[nH]ncc2C1c1cccc(Cl)c1Cl. The molecule has 6 heteroatoms. The van der Waals surface area contributed by atoms with Crippen LogP contribution in [0.3, 0.4) is 0 Å². The van der Waals surface area contributed by atoms with Gasteiger partial charge in [0.25, 0.3) is 0 Å². The van der Waals surface area contributed by atoms with Crippen LogP contribution in [0.2, 0.25) is 10.0 Å². The van der Waals surface area contributed by atoms with Gasteiger partial charge in [-0.15, -0.1) is 0 Å². The maximum atomic E-state index is 7.55. The van der Waals surface area contributed by atoms with Gasteiger partial charge in [-0.1, -0.05) is 42.3 Å². The second-order valence-electron chi connectivity index (χ2n) is 4.73. The quantitative estimate of drug-likeness (QED) is 0.780. The Hall–Kier alpha value is -1.96. The maximum absolute atomic E-state index is 7.55. The highest BCUT2D eigenvalue weighted by Gasteiger charge is 2.32. The average molecular weight is 319 g/mol. The molecule has 4 nitrogen and oxygen atoms in total. The Kier molecular flexibility index (Phi) is 3.62. The van der Waals surface area contributed by atoms with Crippen molar-refractivity contribution in [1.29, 1.82) is 0 Å². The molecular weight excluding hydrogens is 307 g/mol. The molecule has 0 aliphatic carbocycles. The zero-order valence-corrected chi connectivity index (χ0v) is 12.8. The minimum atomic E-state index is -0.251. The third-order valence-corrected chi connectivity index (χ3v) is 4.44. The van der Waals surface area contributed by atoms with E-state index in [2.05, 4.69) is 20.4 Å². The van der Waals surface area contributed by atoms with E-state index in [1.54, 1.807) is 12.3 Å². The lowest BCUT2D eigenvalue weighted by Crippen LogP contribution is -2.16. The van der Waals surface area contributed by atoms with Gasteiger partial charge < -0.3 is 5.32 Å². The maximum Gasteiger partial charge on any atom is 0.196 e. The van der Waals surface area contributed by atoms with E-state index in [4.69, 9.17) is 29.8 Å². The van der Waals surface area contributed by atoms with Gasteiger partial charge >= 0.3 is 0 Å². The molecule has 0 fully saturated rings. The standard InChI is InChI=1S/C15H12Cl2N4/c1-3-11-14(18-2)12(9-7-19-21-15(9)20-11)8-5-4-6-10(16)13(8)17/h4-7,12H,3H2,1H3,(H2,19,20,21). The molecule has 0 saturated heterocycles. The number of benzene rings is 1. The van der Waals surface area contributed by atoms with Crippen molar-refractivity contribution in [3.05, 3.63) is 68.4 Å². The lowest BCUT2D eigenvalue weighted by atomic mass is 9.86. The summed E-state index contributed by atoms with van der Waals surface area (Å²) in [6.07, 6.45) is 2.45. The van der Waals surface area contributed by atoms with E-state index < -0.39 is 0 Å². The van der Waals surface area contributed by atoms with Crippen LogP contribution in [-0.2, 0) is 0 Å². The van der Waals surface area contributed by atoms with Crippen molar-refractivity contribution in [2.75, 3.05) is 5.32 Å². The van der Waals surface area contributed by atoms with Gasteiger partial charge in [0.15, 0.2) is 5.70 Å². The van der Waals surface area contributed by atoms with Gasteiger partial charge in [-0.2, -0.15) is 5.10 Å². The van der Waals surface area contributed by atoms with E-state index >= 15 is 0 Å². The summed E-state index contributed by atoms with van der Waals surface area (Å²) < 4.78 is 0. The number of H-pyrrole nitrogens is 1. The Labute approximate surface area is 132 Å². The Morgan fingerprint density at radius 2 is 2.14 bits per heavy atom. The first-order chi connectivity index (χ1) is 10.2. The number of nitrogens with one attached hydrogen (secondary N) is 2. The summed E-state index contributed by atoms with van der Waals surface area (Å²) in [7, 11) is 0. The summed E-state index contributed by atoms with van der Waals surface area (Å²) in [6.45, 7) is 9.56. The van der Waals surface area contributed by atoms with Gasteiger partial charge in [-0.05, 0) is 18.1 Å². The fourth-order valence-electron chi connectivity index (χ4n) is 2.61. The van der Waals surface area contributed by atoms with E-state index in [-0.39, 0.29) is 5.92 Å². The zero-order chi connectivity index (χ0) is 15.0. The molecule has 2 N–H and O–H groups in total. The third kappa shape index (κ3) is 2.19. The molecule has 0 amide bonds. The van der Waals surface area contributed by atoms with Crippen LogP contribution < -0.4 is 5.32 Å². The average Bonchev–Trinajstić information content (AvgIpc) is 2.96. The van der Waals surface area contributed by atoms with Gasteiger partial charge in [-0.25, -0.2) is 4.85 Å². The minimum Gasteiger partial charge on any atom is -0.354 e. The van der Waals surface area contributed by atoms with Crippen LogP contribution in [0, 0.1) is 6.57 Å². The van der Waals surface area contributed by atoms with Crippen LogP contribution in [0.15, 0.2) is 35.8 Å². The van der Waals surface area contributed by atoms with Crippen molar-refractivity contribution in [2.24, 2.45) is 0 Å². The third-order valence-electron chi connectivity index (χ3n) is 3.60. The fourth-order valence-corrected chi connectivity index (χ4v) is 3.03. The number of halogens is 2. The van der Waals surface area contributed by atoms with Crippen molar-refractivity contribution < 1.29 is 0 Å².